The average molecular weight is 385 g/mol. The van der Waals surface area contributed by atoms with Gasteiger partial charge in [-0.15, -0.1) is 0 Å². The molecule has 0 saturated heterocycles. The lowest BCUT2D eigenvalue weighted by molar-refractivity contribution is 0.440. The molecule has 0 N–H and O–H groups in total. The van der Waals surface area contributed by atoms with Crippen molar-refractivity contribution in [3.05, 3.63) is 66.2 Å². The lowest BCUT2D eigenvalue weighted by atomic mass is 10.0. The van der Waals surface area contributed by atoms with Gasteiger partial charge in [0.2, 0.25) is 10.0 Å². The van der Waals surface area contributed by atoms with Crippen LogP contribution in [0.2, 0.25) is 0 Å². The molecule has 0 saturated carbocycles. The molecular weight excluding hydrogens is 365 g/mol. The van der Waals surface area contributed by atoms with Gasteiger partial charge in [-0.05, 0) is 49.2 Å². The van der Waals surface area contributed by atoms with E-state index in [1.165, 1.54) is 22.5 Å². The molecule has 3 aromatic rings. The first-order valence-electron chi connectivity index (χ1n) is 8.89. The minimum Gasteiger partial charge on any atom is -0.332 e. The van der Waals surface area contributed by atoms with Crippen molar-refractivity contribution in [1.29, 1.82) is 0 Å². The van der Waals surface area contributed by atoms with Crippen molar-refractivity contribution in [1.82, 2.24) is 13.9 Å². The molecule has 0 unspecified atom stereocenters. The van der Waals surface area contributed by atoms with Crippen molar-refractivity contribution < 1.29 is 12.8 Å². The van der Waals surface area contributed by atoms with E-state index < -0.39 is 15.8 Å². The second-order valence-corrected chi connectivity index (χ2v) is 8.44. The Balaban J connectivity index is 1.65. The van der Waals surface area contributed by atoms with Crippen molar-refractivity contribution in [3.8, 4) is 0 Å². The Morgan fingerprint density at radius 1 is 1.22 bits per heavy atom. The Labute approximate surface area is 157 Å². The van der Waals surface area contributed by atoms with Gasteiger partial charge in [-0.25, -0.2) is 17.8 Å². The normalized spacial score (nSPS) is 15.9. The summed E-state index contributed by atoms with van der Waals surface area (Å²) in [7, 11) is -3.70. The maximum absolute atomic E-state index is 13.4. The largest absolute Gasteiger partial charge is 0.332 e. The minimum absolute atomic E-state index is 0.00821. The quantitative estimate of drug-likeness (QED) is 0.689. The van der Waals surface area contributed by atoms with Crippen molar-refractivity contribution in [3.63, 3.8) is 0 Å². The number of aromatic nitrogens is 2. The highest BCUT2D eigenvalue weighted by atomic mass is 32.2. The highest BCUT2D eigenvalue weighted by molar-refractivity contribution is 7.89. The second-order valence-electron chi connectivity index (χ2n) is 6.50. The summed E-state index contributed by atoms with van der Waals surface area (Å²) in [5.41, 5.74) is 3.15. The summed E-state index contributed by atoms with van der Waals surface area (Å²) in [5, 5.41) is 1.08. The van der Waals surface area contributed by atoms with Crippen LogP contribution in [-0.4, -0.2) is 35.4 Å². The molecule has 1 aromatic carbocycles. The third kappa shape index (κ3) is 3.17. The summed E-state index contributed by atoms with van der Waals surface area (Å²) in [6, 6.07) is 9.11. The first kappa shape index (κ1) is 17.9. The Hall–Kier alpha value is -2.51. The second kappa shape index (κ2) is 6.90. The van der Waals surface area contributed by atoms with Gasteiger partial charge in [0.05, 0.1) is 4.90 Å². The number of fused-ring (bicyclic) bond motifs is 1. The van der Waals surface area contributed by atoms with Crippen LogP contribution < -0.4 is 0 Å². The van der Waals surface area contributed by atoms with E-state index >= 15 is 0 Å². The Bertz CT molecular complexity index is 1140. The Kier molecular flexibility index (Phi) is 4.57. The van der Waals surface area contributed by atoms with Crippen molar-refractivity contribution in [2.75, 3.05) is 13.1 Å². The van der Waals surface area contributed by atoms with Crippen LogP contribution in [0.5, 0.6) is 0 Å². The number of sulfonamides is 1. The summed E-state index contributed by atoms with van der Waals surface area (Å²) in [5.74, 6) is -0.552. The molecule has 7 heteroatoms. The molecule has 2 aromatic heterocycles. The maximum Gasteiger partial charge on any atom is 0.243 e. The fourth-order valence-electron chi connectivity index (χ4n) is 3.51. The number of nitrogens with zero attached hydrogens (tertiary/aromatic N) is 3. The highest BCUT2D eigenvalue weighted by Gasteiger charge is 2.27. The van der Waals surface area contributed by atoms with Crippen LogP contribution in [0, 0.1) is 5.82 Å². The maximum atomic E-state index is 13.4. The molecule has 1 aliphatic rings. The number of benzene rings is 1. The van der Waals surface area contributed by atoms with E-state index in [4.69, 9.17) is 0 Å². The first-order valence-corrected chi connectivity index (χ1v) is 10.3. The van der Waals surface area contributed by atoms with Gasteiger partial charge in [0, 0.05) is 43.0 Å². The molecule has 0 fully saturated rings. The summed E-state index contributed by atoms with van der Waals surface area (Å²) in [6.45, 7) is 3.53. The number of aryl methyl sites for hydroxylation is 1. The Morgan fingerprint density at radius 3 is 2.78 bits per heavy atom. The predicted molar refractivity (Wildman–Crippen MR) is 103 cm³/mol. The van der Waals surface area contributed by atoms with E-state index in [1.807, 2.05) is 18.2 Å². The van der Waals surface area contributed by atoms with Gasteiger partial charge in [-0.1, -0.05) is 12.1 Å². The zero-order valence-electron chi connectivity index (χ0n) is 15.0. The van der Waals surface area contributed by atoms with Crippen molar-refractivity contribution in [2.45, 2.75) is 24.8 Å². The molecule has 0 aliphatic carbocycles. The van der Waals surface area contributed by atoms with Crippen molar-refractivity contribution >= 4 is 26.6 Å². The molecule has 5 nitrogen and oxygen atoms in total. The van der Waals surface area contributed by atoms with E-state index in [0.29, 0.717) is 13.0 Å². The van der Waals surface area contributed by atoms with Crippen LogP contribution >= 0.6 is 0 Å². The molecule has 3 heterocycles. The zero-order valence-corrected chi connectivity index (χ0v) is 15.8. The van der Waals surface area contributed by atoms with Gasteiger partial charge in [0.1, 0.15) is 11.5 Å². The standard InChI is InChI=1S/C20H20FN3O2S/c1-2-23-14-19(18-7-4-10-22-20(18)23)15-8-11-24(12-9-15)27(25,26)17-6-3-5-16(21)13-17/h3-8,10,13-14H,2,9,11-12H2,1H3. The van der Waals surface area contributed by atoms with Gasteiger partial charge >= 0.3 is 0 Å². The highest BCUT2D eigenvalue weighted by Crippen LogP contribution is 2.31. The number of hydrogen-bond donors (Lipinski definition) is 0. The number of hydrogen-bond acceptors (Lipinski definition) is 3. The minimum atomic E-state index is -3.70. The summed E-state index contributed by atoms with van der Waals surface area (Å²) < 4.78 is 42.4. The molecule has 0 radical (unpaired) electrons. The zero-order chi connectivity index (χ0) is 19.0. The van der Waals surface area contributed by atoms with E-state index in [1.54, 1.807) is 6.20 Å². The summed E-state index contributed by atoms with van der Waals surface area (Å²) in [4.78, 5) is 4.46. The molecule has 27 heavy (non-hydrogen) atoms. The molecule has 1 aliphatic heterocycles. The van der Waals surface area contributed by atoms with E-state index in [2.05, 4.69) is 22.7 Å². The molecule has 0 amide bonds. The lowest BCUT2D eigenvalue weighted by Crippen LogP contribution is -2.34. The SMILES string of the molecule is CCn1cc(C2=CCN(S(=O)(=O)c3cccc(F)c3)CC2)c2cccnc21. The van der Waals surface area contributed by atoms with Crippen LogP contribution in [0.3, 0.4) is 0 Å². The summed E-state index contributed by atoms with van der Waals surface area (Å²) >= 11 is 0. The third-order valence-corrected chi connectivity index (χ3v) is 6.79. The van der Waals surface area contributed by atoms with E-state index in [9.17, 15) is 12.8 Å². The molecule has 0 spiro atoms. The van der Waals surface area contributed by atoms with Crippen LogP contribution in [0.4, 0.5) is 4.39 Å². The monoisotopic (exact) mass is 385 g/mol. The van der Waals surface area contributed by atoms with Crippen LogP contribution in [-0.2, 0) is 16.6 Å². The van der Waals surface area contributed by atoms with Crippen LogP contribution in [0.25, 0.3) is 16.6 Å². The molecule has 0 bridgehead atoms. The molecular formula is C20H20FN3O2S. The predicted octanol–water partition coefficient (Wildman–Crippen LogP) is 3.67. The van der Waals surface area contributed by atoms with Crippen LogP contribution in [0.1, 0.15) is 18.9 Å². The van der Waals surface area contributed by atoms with E-state index in [-0.39, 0.29) is 11.4 Å². The topological polar surface area (TPSA) is 55.2 Å². The third-order valence-electron chi connectivity index (χ3n) is 4.93. The van der Waals surface area contributed by atoms with Crippen molar-refractivity contribution in [2.24, 2.45) is 0 Å². The van der Waals surface area contributed by atoms with Gasteiger partial charge in [0.25, 0.3) is 0 Å². The number of rotatable bonds is 4. The Morgan fingerprint density at radius 2 is 2.07 bits per heavy atom. The van der Waals surface area contributed by atoms with Gasteiger partial charge in [0.15, 0.2) is 0 Å². The lowest BCUT2D eigenvalue weighted by Gasteiger charge is -2.25. The van der Waals surface area contributed by atoms with E-state index in [0.717, 1.165) is 34.8 Å². The van der Waals surface area contributed by atoms with Gasteiger partial charge in [-0.2, -0.15) is 4.31 Å². The fraction of sp³-hybridized carbons (Fsp3) is 0.250. The number of halogens is 1. The fourth-order valence-corrected chi connectivity index (χ4v) is 4.92. The van der Waals surface area contributed by atoms with Gasteiger partial charge in [-0.3, -0.25) is 0 Å². The van der Waals surface area contributed by atoms with Gasteiger partial charge < -0.3 is 4.57 Å². The molecule has 4 rings (SSSR count). The number of pyridine rings is 1. The summed E-state index contributed by atoms with van der Waals surface area (Å²) in [6.07, 6.45) is 6.41. The first-order chi connectivity index (χ1) is 13.0. The average Bonchev–Trinajstić information content (AvgIpc) is 3.07. The molecule has 0 atom stereocenters. The van der Waals surface area contributed by atoms with Crippen LogP contribution in [0.15, 0.2) is 59.8 Å². The smallest absolute Gasteiger partial charge is 0.243 e. The molecule has 140 valence electrons.